The Kier molecular flexibility index (Phi) is 10.0. The predicted octanol–water partition coefficient (Wildman–Crippen LogP) is 0.517. The summed E-state index contributed by atoms with van der Waals surface area (Å²) in [6, 6.07) is 3.04. The van der Waals surface area contributed by atoms with Crippen LogP contribution in [-0.4, -0.2) is 81.3 Å². The van der Waals surface area contributed by atoms with Gasteiger partial charge >= 0.3 is 23.9 Å². The van der Waals surface area contributed by atoms with Gasteiger partial charge in [-0.25, -0.2) is 4.79 Å². The summed E-state index contributed by atoms with van der Waals surface area (Å²) in [6.07, 6.45) is -5.03. The summed E-state index contributed by atoms with van der Waals surface area (Å²) >= 11 is 0. The third-order valence-corrected chi connectivity index (χ3v) is 4.90. The summed E-state index contributed by atoms with van der Waals surface area (Å²) in [4.78, 5) is 59.1. The molecule has 198 valence electrons. The second kappa shape index (κ2) is 12.7. The molecule has 1 aromatic rings. The molecule has 1 fully saturated rings. The largest absolute Gasteiger partial charge is 0.493 e. The van der Waals surface area contributed by atoms with E-state index in [1.54, 1.807) is 0 Å². The maximum absolute atomic E-state index is 12.0. The fourth-order valence-corrected chi connectivity index (χ4v) is 3.53. The minimum Gasteiger partial charge on any atom is -0.493 e. The van der Waals surface area contributed by atoms with E-state index >= 15 is 0 Å². The van der Waals surface area contributed by atoms with Crippen LogP contribution in [0.25, 0.3) is 0 Å². The summed E-state index contributed by atoms with van der Waals surface area (Å²) in [5, 5.41) is 2.59. The fraction of sp³-hybridized carbons (Fsp3) is 0.522. The molecule has 0 radical (unpaired) electrons. The van der Waals surface area contributed by atoms with Gasteiger partial charge in [0.25, 0.3) is 0 Å². The van der Waals surface area contributed by atoms with E-state index in [2.05, 4.69) is 5.32 Å². The topological polar surface area (TPSA) is 162 Å². The molecule has 13 heteroatoms. The monoisotopic (exact) mass is 511 g/mol. The summed E-state index contributed by atoms with van der Waals surface area (Å²) in [7, 11) is 2.57. The Labute approximate surface area is 207 Å². The number of hydrogen-bond acceptors (Lipinski definition) is 12. The van der Waals surface area contributed by atoms with Crippen molar-refractivity contribution in [1.82, 2.24) is 5.32 Å². The second-order valence-corrected chi connectivity index (χ2v) is 7.69. The molecule has 13 nitrogen and oxygen atoms in total. The zero-order valence-electron chi connectivity index (χ0n) is 20.7. The molecule has 1 heterocycles. The predicted molar refractivity (Wildman–Crippen MR) is 119 cm³/mol. The van der Waals surface area contributed by atoms with Crippen molar-refractivity contribution in [3.63, 3.8) is 0 Å². The van der Waals surface area contributed by atoms with Crippen LogP contribution in [0.1, 0.15) is 38.1 Å². The van der Waals surface area contributed by atoms with E-state index < -0.39 is 60.4 Å². The highest BCUT2D eigenvalue weighted by Crippen LogP contribution is 2.34. The lowest BCUT2D eigenvalue weighted by Crippen LogP contribution is -2.67. The van der Waals surface area contributed by atoms with Gasteiger partial charge in [-0.15, -0.1) is 0 Å². The van der Waals surface area contributed by atoms with Crippen LogP contribution in [-0.2, 0) is 42.9 Å². The Hall–Kier alpha value is -3.87. The first-order valence-electron chi connectivity index (χ1n) is 10.8. The van der Waals surface area contributed by atoms with Crippen molar-refractivity contribution in [3.05, 3.63) is 23.8 Å². The van der Waals surface area contributed by atoms with Gasteiger partial charge in [-0.2, -0.15) is 0 Å². The van der Waals surface area contributed by atoms with Gasteiger partial charge in [-0.3, -0.25) is 19.2 Å². The number of carbonyl (C=O) groups excluding carboxylic acids is 5. The third kappa shape index (κ3) is 7.57. The van der Waals surface area contributed by atoms with Gasteiger partial charge < -0.3 is 38.5 Å². The SMILES string of the molecule is COC(=O)c1ccc(O[C@@H]2O[C@H](COC(C)=O)[C@H](OC(C)=O)[C@H](OC(C)=O)[C@H]2NC(C)=O)c(OC)c1. The number of hydrogen-bond donors (Lipinski definition) is 1. The fourth-order valence-electron chi connectivity index (χ4n) is 3.53. The van der Waals surface area contributed by atoms with Crippen molar-refractivity contribution in [2.75, 3.05) is 20.8 Å². The molecule has 1 aliphatic heterocycles. The minimum atomic E-state index is -1.34. The Morgan fingerprint density at radius 3 is 2.06 bits per heavy atom. The Bertz CT molecular complexity index is 993. The lowest BCUT2D eigenvalue weighted by Gasteiger charge is -2.44. The average molecular weight is 511 g/mol. The quantitative estimate of drug-likeness (QED) is 0.362. The lowest BCUT2D eigenvalue weighted by molar-refractivity contribution is -0.257. The summed E-state index contributed by atoms with van der Waals surface area (Å²) in [6.45, 7) is 4.29. The number of amides is 1. The van der Waals surface area contributed by atoms with Gasteiger partial charge in [0.15, 0.2) is 23.7 Å². The van der Waals surface area contributed by atoms with Gasteiger partial charge in [0, 0.05) is 27.7 Å². The molecular formula is C23H29NO12. The van der Waals surface area contributed by atoms with Crippen molar-refractivity contribution in [3.8, 4) is 11.5 Å². The standard InChI is InChI=1S/C23H29NO12/c1-11(25)24-19-21(34-14(4)28)20(33-13(3)27)18(10-32-12(2)26)36-23(19)35-16-8-7-15(22(29)31-6)9-17(16)30-5/h7-9,18-21,23H,10H2,1-6H3,(H,24,25)/t18-,19-,20+,21-,23-/m1/s1. The van der Waals surface area contributed by atoms with Crippen molar-refractivity contribution in [1.29, 1.82) is 0 Å². The number of ether oxygens (including phenoxy) is 7. The highest BCUT2D eigenvalue weighted by atomic mass is 16.7. The molecule has 1 aliphatic rings. The van der Waals surface area contributed by atoms with Crippen molar-refractivity contribution < 1.29 is 57.1 Å². The van der Waals surface area contributed by atoms with Gasteiger partial charge in [-0.05, 0) is 18.2 Å². The molecule has 1 saturated heterocycles. The molecule has 2 rings (SSSR count). The van der Waals surface area contributed by atoms with E-state index in [4.69, 9.17) is 33.2 Å². The second-order valence-electron chi connectivity index (χ2n) is 7.69. The minimum absolute atomic E-state index is 0.101. The molecule has 1 amide bonds. The van der Waals surface area contributed by atoms with Crippen LogP contribution in [0, 0.1) is 0 Å². The Morgan fingerprint density at radius 1 is 0.889 bits per heavy atom. The van der Waals surface area contributed by atoms with Gasteiger partial charge in [0.05, 0.1) is 19.8 Å². The van der Waals surface area contributed by atoms with E-state index in [1.807, 2.05) is 0 Å². The maximum Gasteiger partial charge on any atom is 0.337 e. The lowest BCUT2D eigenvalue weighted by atomic mass is 9.96. The highest BCUT2D eigenvalue weighted by Gasteiger charge is 2.52. The van der Waals surface area contributed by atoms with Crippen LogP contribution < -0.4 is 14.8 Å². The molecule has 0 aliphatic carbocycles. The molecule has 0 saturated carbocycles. The average Bonchev–Trinajstić information content (AvgIpc) is 2.80. The molecule has 0 unspecified atom stereocenters. The van der Waals surface area contributed by atoms with Crippen LogP contribution >= 0.6 is 0 Å². The summed E-state index contributed by atoms with van der Waals surface area (Å²) in [5.74, 6) is -3.00. The van der Waals surface area contributed by atoms with Crippen molar-refractivity contribution in [2.45, 2.75) is 58.3 Å². The van der Waals surface area contributed by atoms with Crippen LogP contribution in [0.2, 0.25) is 0 Å². The Morgan fingerprint density at radius 2 is 1.53 bits per heavy atom. The van der Waals surface area contributed by atoms with E-state index in [9.17, 15) is 24.0 Å². The number of rotatable bonds is 9. The summed E-state index contributed by atoms with van der Waals surface area (Å²) < 4.78 is 37.7. The highest BCUT2D eigenvalue weighted by molar-refractivity contribution is 5.90. The van der Waals surface area contributed by atoms with E-state index in [-0.39, 0.29) is 23.7 Å². The molecule has 0 aromatic heterocycles. The van der Waals surface area contributed by atoms with E-state index in [0.717, 1.165) is 13.8 Å². The van der Waals surface area contributed by atoms with Crippen molar-refractivity contribution in [2.24, 2.45) is 0 Å². The van der Waals surface area contributed by atoms with Gasteiger partial charge in [0.1, 0.15) is 18.8 Å². The molecule has 0 bridgehead atoms. The van der Waals surface area contributed by atoms with Gasteiger partial charge in [0.2, 0.25) is 12.2 Å². The van der Waals surface area contributed by atoms with Crippen LogP contribution in [0.4, 0.5) is 0 Å². The van der Waals surface area contributed by atoms with Crippen LogP contribution in [0.3, 0.4) is 0 Å². The van der Waals surface area contributed by atoms with E-state index in [1.165, 1.54) is 46.3 Å². The molecule has 5 atom stereocenters. The molecule has 1 N–H and O–H groups in total. The number of nitrogens with one attached hydrogen (secondary N) is 1. The maximum atomic E-state index is 12.0. The first kappa shape index (κ1) is 28.4. The zero-order chi connectivity index (χ0) is 27.0. The van der Waals surface area contributed by atoms with Crippen LogP contribution in [0.5, 0.6) is 11.5 Å². The van der Waals surface area contributed by atoms with E-state index in [0.29, 0.717) is 0 Å². The molecule has 1 aromatic carbocycles. The van der Waals surface area contributed by atoms with Gasteiger partial charge in [-0.1, -0.05) is 0 Å². The first-order chi connectivity index (χ1) is 17.0. The molecule has 36 heavy (non-hydrogen) atoms. The first-order valence-corrected chi connectivity index (χ1v) is 10.8. The Balaban J connectivity index is 2.52. The number of esters is 4. The smallest absolute Gasteiger partial charge is 0.337 e. The number of methoxy groups -OCH3 is 2. The normalized spacial score (nSPS) is 23.0. The molecular weight excluding hydrogens is 482 g/mol. The molecule has 0 spiro atoms. The summed E-state index contributed by atoms with van der Waals surface area (Å²) in [5.41, 5.74) is 0.185. The number of carbonyl (C=O) groups is 5. The number of benzene rings is 1. The third-order valence-electron chi connectivity index (χ3n) is 4.90. The van der Waals surface area contributed by atoms with Crippen LogP contribution in [0.15, 0.2) is 18.2 Å². The van der Waals surface area contributed by atoms with Crippen molar-refractivity contribution >= 4 is 29.8 Å². The zero-order valence-corrected chi connectivity index (χ0v) is 20.7.